The molecule has 0 amide bonds. The van der Waals surface area contributed by atoms with E-state index in [1.807, 2.05) is 12.1 Å². The molecule has 3 rings (SSSR count). The fourth-order valence-corrected chi connectivity index (χ4v) is 3.62. The molecule has 4 nitrogen and oxygen atoms in total. The number of ether oxygens (including phenoxy) is 1. The van der Waals surface area contributed by atoms with Gasteiger partial charge in [-0.3, -0.25) is 9.80 Å². The Kier molecular flexibility index (Phi) is 7.45. The zero-order chi connectivity index (χ0) is 18.9. The quantitative estimate of drug-likeness (QED) is 0.778. The fourth-order valence-electron chi connectivity index (χ4n) is 3.62. The Morgan fingerprint density at radius 2 is 1.85 bits per heavy atom. The molecule has 1 fully saturated rings. The molecule has 0 radical (unpaired) electrons. The summed E-state index contributed by atoms with van der Waals surface area (Å²) >= 11 is 0. The van der Waals surface area contributed by atoms with Crippen molar-refractivity contribution < 1.29 is 9.84 Å². The van der Waals surface area contributed by atoms with Gasteiger partial charge in [0.2, 0.25) is 0 Å². The minimum atomic E-state index is 0.242. The first kappa shape index (κ1) is 19.6. The molecule has 4 heteroatoms. The Labute approximate surface area is 162 Å². The van der Waals surface area contributed by atoms with Gasteiger partial charge in [-0.1, -0.05) is 54.6 Å². The summed E-state index contributed by atoms with van der Waals surface area (Å²) in [5.74, 6) is 0.883. The second-order valence-corrected chi connectivity index (χ2v) is 7.06. The van der Waals surface area contributed by atoms with Crippen LogP contribution in [0, 0.1) is 0 Å². The second kappa shape index (κ2) is 10.3. The normalized spacial score (nSPS) is 18.8. The summed E-state index contributed by atoms with van der Waals surface area (Å²) in [6.07, 6.45) is 5.22. The highest BCUT2D eigenvalue weighted by Gasteiger charge is 2.25. The van der Waals surface area contributed by atoms with Crippen molar-refractivity contribution in [2.24, 2.45) is 0 Å². The van der Waals surface area contributed by atoms with E-state index < -0.39 is 0 Å². The lowest BCUT2D eigenvalue weighted by atomic mass is 10.1. The molecule has 1 saturated heterocycles. The zero-order valence-corrected chi connectivity index (χ0v) is 16.1. The largest absolute Gasteiger partial charge is 0.497 e. The van der Waals surface area contributed by atoms with Gasteiger partial charge in [-0.15, -0.1) is 0 Å². The van der Waals surface area contributed by atoms with Crippen LogP contribution in [0.1, 0.15) is 17.5 Å². The second-order valence-electron chi connectivity index (χ2n) is 7.06. The van der Waals surface area contributed by atoms with Gasteiger partial charge >= 0.3 is 0 Å². The molecule has 1 aliphatic rings. The molecule has 2 aromatic rings. The third-order valence-corrected chi connectivity index (χ3v) is 5.17. The number of nitrogens with zero attached hydrogens (tertiary/aromatic N) is 2. The number of benzene rings is 2. The van der Waals surface area contributed by atoms with Crippen molar-refractivity contribution >= 4 is 6.08 Å². The Bertz CT molecular complexity index is 700. The summed E-state index contributed by atoms with van der Waals surface area (Å²) in [5.41, 5.74) is 2.53. The Morgan fingerprint density at radius 3 is 2.56 bits per heavy atom. The van der Waals surface area contributed by atoms with E-state index in [0.29, 0.717) is 6.04 Å². The Balaban J connectivity index is 1.53. The van der Waals surface area contributed by atoms with E-state index in [0.717, 1.165) is 44.9 Å². The summed E-state index contributed by atoms with van der Waals surface area (Å²) in [4.78, 5) is 4.98. The maximum absolute atomic E-state index is 9.49. The van der Waals surface area contributed by atoms with Crippen molar-refractivity contribution in [3.8, 4) is 5.75 Å². The smallest absolute Gasteiger partial charge is 0.118 e. The van der Waals surface area contributed by atoms with Crippen LogP contribution in [0.4, 0.5) is 0 Å². The molecule has 0 spiro atoms. The predicted molar refractivity (Wildman–Crippen MR) is 111 cm³/mol. The van der Waals surface area contributed by atoms with Crippen LogP contribution in [0.25, 0.3) is 6.08 Å². The van der Waals surface area contributed by atoms with Gasteiger partial charge in [0.15, 0.2) is 0 Å². The predicted octanol–water partition coefficient (Wildman–Crippen LogP) is 3.28. The third-order valence-electron chi connectivity index (χ3n) is 5.17. The lowest BCUT2D eigenvalue weighted by molar-refractivity contribution is 0.0597. The molecule has 0 bridgehead atoms. The van der Waals surface area contributed by atoms with Crippen LogP contribution < -0.4 is 4.74 Å². The summed E-state index contributed by atoms with van der Waals surface area (Å²) in [7, 11) is 1.69. The molecule has 2 aromatic carbocycles. The summed E-state index contributed by atoms with van der Waals surface area (Å²) in [6, 6.07) is 19.1. The van der Waals surface area contributed by atoms with E-state index in [-0.39, 0.29) is 6.61 Å². The number of aliphatic hydroxyl groups is 1. The van der Waals surface area contributed by atoms with Crippen LogP contribution in [0.2, 0.25) is 0 Å². The van der Waals surface area contributed by atoms with Gasteiger partial charge in [-0.25, -0.2) is 0 Å². The molecule has 1 heterocycles. The minimum Gasteiger partial charge on any atom is -0.497 e. The molecule has 0 aliphatic carbocycles. The molecule has 1 aliphatic heterocycles. The molecular formula is C23H30N2O2. The standard InChI is InChI=1S/C23H30N2O2/c1-27-23-11-9-20(10-12-23)8-5-14-24-15-16-25(22(19-24)13-17-26)18-21-6-3-2-4-7-21/h2-12,22,26H,13-19H2,1H3/b8-5+. The average Bonchev–Trinajstić information content (AvgIpc) is 2.71. The molecule has 0 saturated carbocycles. The van der Waals surface area contributed by atoms with Gasteiger partial charge in [0.25, 0.3) is 0 Å². The topological polar surface area (TPSA) is 35.9 Å². The van der Waals surface area contributed by atoms with E-state index in [1.54, 1.807) is 7.11 Å². The highest BCUT2D eigenvalue weighted by Crippen LogP contribution is 2.17. The van der Waals surface area contributed by atoms with Crippen molar-refractivity contribution in [3.05, 3.63) is 71.8 Å². The van der Waals surface area contributed by atoms with Gasteiger partial charge < -0.3 is 9.84 Å². The fraction of sp³-hybridized carbons (Fsp3) is 0.391. The molecule has 1 atom stereocenters. The SMILES string of the molecule is COc1ccc(/C=C/CN2CCN(Cc3ccccc3)C(CCO)C2)cc1. The molecule has 144 valence electrons. The van der Waals surface area contributed by atoms with Gasteiger partial charge in [-0.2, -0.15) is 0 Å². The Hall–Kier alpha value is -2.14. The lowest BCUT2D eigenvalue weighted by Gasteiger charge is -2.41. The zero-order valence-electron chi connectivity index (χ0n) is 16.1. The summed E-state index contributed by atoms with van der Waals surface area (Å²) < 4.78 is 5.20. The van der Waals surface area contributed by atoms with E-state index in [1.165, 1.54) is 11.1 Å². The molecule has 1 unspecified atom stereocenters. The Morgan fingerprint density at radius 1 is 1.07 bits per heavy atom. The molecule has 27 heavy (non-hydrogen) atoms. The minimum absolute atomic E-state index is 0.242. The van der Waals surface area contributed by atoms with Crippen molar-refractivity contribution in [2.45, 2.75) is 19.0 Å². The van der Waals surface area contributed by atoms with E-state index >= 15 is 0 Å². The van der Waals surface area contributed by atoms with Crippen molar-refractivity contribution in [3.63, 3.8) is 0 Å². The number of piperazine rings is 1. The van der Waals surface area contributed by atoms with Crippen LogP contribution >= 0.6 is 0 Å². The average molecular weight is 367 g/mol. The first-order chi connectivity index (χ1) is 13.3. The first-order valence-corrected chi connectivity index (χ1v) is 9.70. The maximum atomic E-state index is 9.49. The van der Waals surface area contributed by atoms with E-state index in [2.05, 4.69) is 64.4 Å². The van der Waals surface area contributed by atoms with Crippen LogP contribution in [-0.2, 0) is 6.54 Å². The number of aliphatic hydroxyl groups excluding tert-OH is 1. The van der Waals surface area contributed by atoms with Gasteiger partial charge in [0.1, 0.15) is 5.75 Å². The highest BCUT2D eigenvalue weighted by molar-refractivity contribution is 5.50. The van der Waals surface area contributed by atoms with Crippen LogP contribution in [0.3, 0.4) is 0 Å². The summed E-state index contributed by atoms with van der Waals surface area (Å²) in [5, 5.41) is 9.49. The summed E-state index contributed by atoms with van der Waals surface area (Å²) in [6.45, 7) is 5.23. The third kappa shape index (κ3) is 5.93. The van der Waals surface area contributed by atoms with Crippen LogP contribution in [0.5, 0.6) is 5.75 Å². The van der Waals surface area contributed by atoms with Crippen molar-refractivity contribution in [2.75, 3.05) is 39.9 Å². The lowest BCUT2D eigenvalue weighted by Crippen LogP contribution is -2.52. The number of hydrogen-bond acceptors (Lipinski definition) is 4. The first-order valence-electron chi connectivity index (χ1n) is 9.70. The number of rotatable bonds is 8. The van der Waals surface area contributed by atoms with Crippen molar-refractivity contribution in [1.29, 1.82) is 0 Å². The van der Waals surface area contributed by atoms with Crippen molar-refractivity contribution in [1.82, 2.24) is 9.80 Å². The monoisotopic (exact) mass is 366 g/mol. The number of hydrogen-bond donors (Lipinski definition) is 1. The highest BCUT2D eigenvalue weighted by atomic mass is 16.5. The molecule has 0 aromatic heterocycles. The van der Waals surface area contributed by atoms with E-state index in [4.69, 9.17) is 4.74 Å². The number of methoxy groups -OCH3 is 1. The van der Waals surface area contributed by atoms with Gasteiger partial charge in [0.05, 0.1) is 7.11 Å². The molecular weight excluding hydrogens is 336 g/mol. The molecule has 1 N–H and O–H groups in total. The van der Waals surface area contributed by atoms with E-state index in [9.17, 15) is 5.11 Å². The van der Waals surface area contributed by atoms with Gasteiger partial charge in [-0.05, 0) is 29.7 Å². The maximum Gasteiger partial charge on any atom is 0.118 e. The van der Waals surface area contributed by atoms with Crippen LogP contribution in [0.15, 0.2) is 60.7 Å². The van der Waals surface area contributed by atoms with Crippen LogP contribution in [-0.4, -0.2) is 60.8 Å². The van der Waals surface area contributed by atoms with Gasteiger partial charge in [0, 0.05) is 45.4 Å².